The molecule has 0 N–H and O–H groups in total. The zero-order valence-corrected chi connectivity index (χ0v) is 10.6. The summed E-state index contributed by atoms with van der Waals surface area (Å²) in [6, 6.07) is 5.41. The Morgan fingerprint density at radius 3 is 2.88 bits per heavy atom. The third kappa shape index (κ3) is 3.31. The molecular weight excluding hydrogens is 212 g/mol. The van der Waals surface area contributed by atoms with Crippen molar-refractivity contribution >= 4 is 0 Å². The molecule has 92 valence electrons. The van der Waals surface area contributed by atoms with Crippen LogP contribution in [0.25, 0.3) is 0 Å². The smallest absolute Gasteiger partial charge is 0.0765 e. The van der Waals surface area contributed by atoms with Gasteiger partial charge in [-0.05, 0) is 32.8 Å². The van der Waals surface area contributed by atoms with Gasteiger partial charge < -0.3 is 0 Å². The highest BCUT2D eigenvalue weighted by atomic mass is 15.3. The largest absolute Gasteiger partial charge is 0.293 e. The van der Waals surface area contributed by atoms with Crippen molar-refractivity contribution < 1.29 is 0 Å². The van der Waals surface area contributed by atoms with Gasteiger partial charge in [-0.3, -0.25) is 9.58 Å². The Balaban J connectivity index is 1.94. The van der Waals surface area contributed by atoms with Crippen molar-refractivity contribution in [2.45, 2.75) is 51.7 Å². The van der Waals surface area contributed by atoms with Crippen LogP contribution in [0.15, 0.2) is 12.3 Å². The normalized spacial score (nSPS) is 15.5. The van der Waals surface area contributed by atoms with Crippen LogP contribution < -0.4 is 0 Å². The summed E-state index contributed by atoms with van der Waals surface area (Å²) in [6.07, 6.45) is 5.20. The molecule has 1 aromatic heterocycles. The van der Waals surface area contributed by atoms with Crippen molar-refractivity contribution in [1.29, 1.82) is 5.26 Å². The predicted molar refractivity (Wildman–Crippen MR) is 66.3 cm³/mol. The minimum absolute atomic E-state index is 0.414. The van der Waals surface area contributed by atoms with E-state index in [1.165, 1.54) is 12.8 Å². The fourth-order valence-corrected chi connectivity index (χ4v) is 1.98. The first-order valence-corrected chi connectivity index (χ1v) is 6.35. The Labute approximate surface area is 103 Å². The topological polar surface area (TPSA) is 44.9 Å². The highest BCUT2D eigenvalue weighted by Crippen LogP contribution is 2.28. The highest BCUT2D eigenvalue weighted by Gasteiger charge is 2.28. The molecule has 0 bridgehead atoms. The van der Waals surface area contributed by atoms with Gasteiger partial charge in [-0.15, -0.1) is 0 Å². The van der Waals surface area contributed by atoms with Gasteiger partial charge in [0.2, 0.25) is 0 Å². The number of aromatic nitrogens is 2. The third-order valence-electron chi connectivity index (χ3n) is 3.13. The Hall–Kier alpha value is -1.34. The third-order valence-corrected chi connectivity index (χ3v) is 3.13. The van der Waals surface area contributed by atoms with Crippen LogP contribution in [0.5, 0.6) is 0 Å². The zero-order valence-electron chi connectivity index (χ0n) is 10.6. The molecule has 2 rings (SSSR count). The van der Waals surface area contributed by atoms with Crippen LogP contribution >= 0.6 is 0 Å². The van der Waals surface area contributed by atoms with Gasteiger partial charge in [-0.25, -0.2) is 0 Å². The second-order valence-corrected chi connectivity index (χ2v) is 4.99. The quantitative estimate of drug-likeness (QED) is 0.756. The standard InChI is InChI=1S/C13H20N4/c1-11(2)17-9-6-12(15-17)10-16(8-3-7-14)13-4-5-13/h6,9,11,13H,3-5,8,10H2,1-2H3. The fraction of sp³-hybridized carbons (Fsp3) is 0.692. The van der Waals surface area contributed by atoms with Crippen LogP contribution in [-0.2, 0) is 6.54 Å². The van der Waals surface area contributed by atoms with E-state index in [1.807, 2.05) is 10.9 Å². The van der Waals surface area contributed by atoms with Crippen molar-refractivity contribution in [1.82, 2.24) is 14.7 Å². The van der Waals surface area contributed by atoms with E-state index in [0.717, 1.165) is 18.8 Å². The summed E-state index contributed by atoms with van der Waals surface area (Å²) >= 11 is 0. The lowest BCUT2D eigenvalue weighted by Crippen LogP contribution is -2.26. The van der Waals surface area contributed by atoms with Crippen LogP contribution in [0.1, 0.15) is 44.8 Å². The molecule has 4 heteroatoms. The first-order valence-electron chi connectivity index (χ1n) is 6.35. The van der Waals surface area contributed by atoms with Crippen LogP contribution in [0, 0.1) is 11.3 Å². The van der Waals surface area contributed by atoms with Crippen LogP contribution in [0.2, 0.25) is 0 Å². The molecule has 1 aliphatic carbocycles. The van der Waals surface area contributed by atoms with Crippen molar-refractivity contribution in [3.05, 3.63) is 18.0 Å². The maximum Gasteiger partial charge on any atom is 0.0765 e. The molecule has 1 heterocycles. The molecule has 4 nitrogen and oxygen atoms in total. The molecule has 1 fully saturated rings. The summed E-state index contributed by atoms with van der Waals surface area (Å²) in [7, 11) is 0. The first-order chi connectivity index (χ1) is 8.20. The van der Waals surface area contributed by atoms with E-state index in [2.05, 4.69) is 36.0 Å². The van der Waals surface area contributed by atoms with E-state index in [9.17, 15) is 0 Å². The number of nitriles is 1. The van der Waals surface area contributed by atoms with E-state index in [0.29, 0.717) is 18.5 Å². The minimum atomic E-state index is 0.414. The molecule has 0 saturated heterocycles. The molecular formula is C13H20N4. The van der Waals surface area contributed by atoms with Gasteiger partial charge in [-0.1, -0.05) is 0 Å². The van der Waals surface area contributed by atoms with Crippen molar-refractivity contribution in [2.24, 2.45) is 0 Å². The predicted octanol–water partition coefficient (Wildman–Crippen LogP) is 2.34. The van der Waals surface area contributed by atoms with Crippen LogP contribution in [0.4, 0.5) is 0 Å². The molecule has 0 amide bonds. The maximum atomic E-state index is 8.66. The lowest BCUT2D eigenvalue weighted by atomic mass is 10.3. The molecule has 0 radical (unpaired) electrons. The van der Waals surface area contributed by atoms with Gasteiger partial charge in [0.15, 0.2) is 0 Å². The molecule has 1 saturated carbocycles. The summed E-state index contributed by atoms with van der Waals surface area (Å²) in [5, 5.41) is 13.2. The number of nitrogens with zero attached hydrogens (tertiary/aromatic N) is 4. The minimum Gasteiger partial charge on any atom is -0.293 e. The number of hydrogen-bond acceptors (Lipinski definition) is 3. The average molecular weight is 232 g/mol. The second-order valence-electron chi connectivity index (χ2n) is 4.99. The van der Waals surface area contributed by atoms with E-state index >= 15 is 0 Å². The van der Waals surface area contributed by atoms with E-state index in [4.69, 9.17) is 5.26 Å². The zero-order chi connectivity index (χ0) is 12.3. The van der Waals surface area contributed by atoms with Gasteiger partial charge in [0.05, 0.1) is 11.8 Å². The van der Waals surface area contributed by atoms with Gasteiger partial charge >= 0.3 is 0 Å². The summed E-state index contributed by atoms with van der Waals surface area (Å²) in [6.45, 7) is 6.01. The van der Waals surface area contributed by atoms with Crippen molar-refractivity contribution in [3.8, 4) is 6.07 Å². The molecule has 0 aromatic carbocycles. The van der Waals surface area contributed by atoms with Gasteiger partial charge in [0.25, 0.3) is 0 Å². The van der Waals surface area contributed by atoms with Gasteiger partial charge in [0.1, 0.15) is 0 Å². The SMILES string of the molecule is CC(C)n1ccc(CN(CCC#N)C2CC2)n1. The van der Waals surface area contributed by atoms with Crippen molar-refractivity contribution in [3.63, 3.8) is 0 Å². The van der Waals surface area contributed by atoms with Crippen LogP contribution in [-0.4, -0.2) is 27.3 Å². The highest BCUT2D eigenvalue weighted by molar-refractivity contribution is 5.01. The molecule has 1 aromatic rings. The molecule has 0 unspecified atom stereocenters. The molecule has 1 aliphatic rings. The Morgan fingerprint density at radius 1 is 1.59 bits per heavy atom. The Bertz CT molecular complexity index is 398. The van der Waals surface area contributed by atoms with Crippen LogP contribution in [0.3, 0.4) is 0 Å². The number of rotatable bonds is 6. The molecule has 0 aliphatic heterocycles. The first kappa shape index (κ1) is 12.1. The monoisotopic (exact) mass is 232 g/mol. The van der Waals surface area contributed by atoms with Gasteiger partial charge in [-0.2, -0.15) is 10.4 Å². The molecule has 0 spiro atoms. The Kier molecular flexibility index (Phi) is 3.80. The van der Waals surface area contributed by atoms with E-state index < -0.39 is 0 Å². The lowest BCUT2D eigenvalue weighted by molar-refractivity contribution is 0.256. The van der Waals surface area contributed by atoms with Gasteiger partial charge in [0, 0.05) is 37.8 Å². The fourth-order valence-electron chi connectivity index (χ4n) is 1.98. The maximum absolute atomic E-state index is 8.66. The Morgan fingerprint density at radius 2 is 2.35 bits per heavy atom. The summed E-state index contributed by atoms with van der Waals surface area (Å²) in [5.74, 6) is 0. The van der Waals surface area contributed by atoms with Crippen molar-refractivity contribution in [2.75, 3.05) is 6.54 Å². The number of hydrogen-bond donors (Lipinski definition) is 0. The summed E-state index contributed by atoms with van der Waals surface area (Å²) in [4.78, 5) is 2.39. The second kappa shape index (κ2) is 5.33. The molecule has 0 atom stereocenters. The summed E-state index contributed by atoms with van der Waals surface area (Å²) < 4.78 is 1.99. The lowest BCUT2D eigenvalue weighted by Gasteiger charge is -2.19. The molecule has 17 heavy (non-hydrogen) atoms. The van der Waals surface area contributed by atoms with E-state index in [-0.39, 0.29) is 0 Å². The van der Waals surface area contributed by atoms with E-state index in [1.54, 1.807) is 0 Å². The average Bonchev–Trinajstić information content (AvgIpc) is 3.04. The summed E-state index contributed by atoms with van der Waals surface area (Å²) in [5.41, 5.74) is 1.11.